The van der Waals surface area contributed by atoms with Gasteiger partial charge in [-0.25, -0.2) is 5.43 Å². The highest BCUT2D eigenvalue weighted by molar-refractivity contribution is 6.38. The van der Waals surface area contributed by atoms with Crippen LogP contribution < -0.4 is 5.43 Å². The number of nitrogens with one attached hydrogen (secondary N) is 1. The van der Waals surface area contributed by atoms with Gasteiger partial charge in [0.15, 0.2) is 0 Å². The zero-order valence-electron chi connectivity index (χ0n) is 11.8. The Balaban J connectivity index is 2.22. The van der Waals surface area contributed by atoms with Crippen molar-refractivity contribution in [1.29, 1.82) is 0 Å². The highest BCUT2D eigenvalue weighted by atomic mass is 35.5. The van der Waals surface area contributed by atoms with Crippen LogP contribution in [0.15, 0.2) is 58.8 Å². The molecule has 0 spiro atoms. The third-order valence-corrected chi connectivity index (χ3v) is 3.09. The lowest BCUT2D eigenvalue weighted by atomic mass is 10.1. The predicted octanol–water partition coefficient (Wildman–Crippen LogP) is 3.24. The average molecular weight is 316 g/mol. The van der Waals surface area contributed by atoms with E-state index in [0.717, 1.165) is 17.3 Å². The Morgan fingerprint density at radius 3 is 2.59 bits per heavy atom. The molecule has 0 heterocycles. The molecule has 0 atom stereocenters. The fourth-order valence-electron chi connectivity index (χ4n) is 1.83. The van der Waals surface area contributed by atoms with Crippen molar-refractivity contribution in [3.05, 3.63) is 70.2 Å². The number of nitrogens with zero attached hydrogens (tertiary/aromatic N) is 2. The lowest BCUT2D eigenvalue weighted by Crippen LogP contribution is -2.20. The van der Waals surface area contributed by atoms with Gasteiger partial charge in [0, 0.05) is 16.1 Å². The zero-order chi connectivity index (χ0) is 15.9. The first-order chi connectivity index (χ1) is 10.6. The van der Waals surface area contributed by atoms with Crippen molar-refractivity contribution >= 4 is 29.4 Å². The monoisotopic (exact) mass is 315 g/mol. The van der Waals surface area contributed by atoms with E-state index in [9.17, 15) is 4.79 Å². The van der Waals surface area contributed by atoms with Crippen molar-refractivity contribution in [3.8, 4) is 0 Å². The molecule has 0 aliphatic carbocycles. The fourth-order valence-corrected chi connectivity index (χ4v) is 2.02. The SMILES string of the molecule is Cc1cccc(C(/C=N/O)=N/NC(=O)c2cccc(Cl)c2)c1. The lowest BCUT2D eigenvalue weighted by molar-refractivity contribution is 0.0955. The highest BCUT2D eigenvalue weighted by Gasteiger charge is 2.07. The van der Waals surface area contributed by atoms with E-state index in [1.165, 1.54) is 0 Å². The molecule has 0 saturated heterocycles. The third-order valence-electron chi connectivity index (χ3n) is 2.86. The second-order valence-corrected chi connectivity index (χ2v) is 5.00. The van der Waals surface area contributed by atoms with Gasteiger partial charge in [0.05, 0.1) is 6.21 Å². The van der Waals surface area contributed by atoms with Crippen LogP contribution in [0.4, 0.5) is 0 Å². The van der Waals surface area contributed by atoms with E-state index in [4.69, 9.17) is 16.8 Å². The van der Waals surface area contributed by atoms with Crippen LogP contribution in [0.25, 0.3) is 0 Å². The maximum absolute atomic E-state index is 12.0. The maximum atomic E-state index is 12.0. The van der Waals surface area contributed by atoms with Crippen LogP contribution in [0.3, 0.4) is 0 Å². The normalized spacial score (nSPS) is 11.6. The molecule has 0 unspecified atom stereocenters. The Bertz CT molecular complexity index is 742. The minimum absolute atomic E-state index is 0.335. The second kappa shape index (κ2) is 7.38. The van der Waals surface area contributed by atoms with Gasteiger partial charge in [-0.3, -0.25) is 4.79 Å². The number of halogens is 1. The van der Waals surface area contributed by atoms with Gasteiger partial charge in [0.2, 0.25) is 0 Å². The predicted molar refractivity (Wildman–Crippen MR) is 86.9 cm³/mol. The number of hydrogen-bond donors (Lipinski definition) is 2. The quantitative estimate of drug-likeness (QED) is 0.516. The number of rotatable bonds is 4. The topological polar surface area (TPSA) is 74.1 Å². The molecular formula is C16H14ClN3O2. The van der Waals surface area contributed by atoms with Crippen LogP contribution in [0.2, 0.25) is 5.02 Å². The molecule has 2 aromatic carbocycles. The summed E-state index contributed by atoms with van der Waals surface area (Å²) in [6, 6.07) is 14.0. The minimum atomic E-state index is -0.404. The van der Waals surface area contributed by atoms with E-state index in [0.29, 0.717) is 16.3 Å². The first-order valence-corrected chi connectivity index (χ1v) is 6.86. The summed E-state index contributed by atoms with van der Waals surface area (Å²) in [7, 11) is 0. The number of hydrogen-bond acceptors (Lipinski definition) is 4. The highest BCUT2D eigenvalue weighted by Crippen LogP contribution is 2.10. The number of hydrazone groups is 1. The summed E-state index contributed by atoms with van der Waals surface area (Å²) in [6.45, 7) is 1.93. The molecule has 1 amide bonds. The molecule has 6 heteroatoms. The molecule has 5 nitrogen and oxygen atoms in total. The Morgan fingerprint density at radius 1 is 1.18 bits per heavy atom. The zero-order valence-corrected chi connectivity index (χ0v) is 12.6. The van der Waals surface area contributed by atoms with E-state index < -0.39 is 5.91 Å². The van der Waals surface area contributed by atoms with Crippen molar-refractivity contribution in [2.45, 2.75) is 6.92 Å². The van der Waals surface area contributed by atoms with E-state index in [1.54, 1.807) is 30.3 Å². The second-order valence-electron chi connectivity index (χ2n) is 4.56. The number of amides is 1. The number of carbonyl (C=O) groups is 1. The van der Waals surface area contributed by atoms with Crippen LogP contribution in [0, 0.1) is 6.92 Å². The van der Waals surface area contributed by atoms with Gasteiger partial charge >= 0.3 is 0 Å². The first kappa shape index (κ1) is 15.7. The Hall–Kier alpha value is -2.66. The molecule has 0 aliphatic heterocycles. The van der Waals surface area contributed by atoms with Gasteiger partial charge in [-0.15, -0.1) is 0 Å². The van der Waals surface area contributed by atoms with Crippen LogP contribution in [0.1, 0.15) is 21.5 Å². The molecule has 2 aromatic rings. The van der Waals surface area contributed by atoms with Gasteiger partial charge in [-0.1, -0.05) is 46.6 Å². The van der Waals surface area contributed by atoms with Crippen molar-refractivity contribution in [2.24, 2.45) is 10.3 Å². The number of aryl methyl sites for hydroxylation is 1. The van der Waals surface area contributed by atoms with Gasteiger partial charge in [-0.05, 0) is 31.2 Å². The smallest absolute Gasteiger partial charge is 0.271 e. The molecule has 2 rings (SSSR count). The van der Waals surface area contributed by atoms with Crippen LogP contribution >= 0.6 is 11.6 Å². The third kappa shape index (κ3) is 4.17. The van der Waals surface area contributed by atoms with E-state index in [2.05, 4.69) is 15.7 Å². The van der Waals surface area contributed by atoms with Crippen molar-refractivity contribution in [2.75, 3.05) is 0 Å². The number of carbonyl (C=O) groups excluding carboxylic acids is 1. The average Bonchev–Trinajstić information content (AvgIpc) is 2.51. The summed E-state index contributed by atoms with van der Waals surface area (Å²) in [5.41, 5.74) is 4.89. The van der Waals surface area contributed by atoms with Gasteiger partial charge in [-0.2, -0.15) is 5.10 Å². The molecule has 0 radical (unpaired) electrons. The molecular weight excluding hydrogens is 302 g/mol. The van der Waals surface area contributed by atoms with Gasteiger partial charge < -0.3 is 5.21 Å². The molecule has 0 aromatic heterocycles. The largest absolute Gasteiger partial charge is 0.411 e. The summed E-state index contributed by atoms with van der Waals surface area (Å²) in [5, 5.41) is 16.2. The fraction of sp³-hybridized carbons (Fsp3) is 0.0625. The van der Waals surface area contributed by atoms with Crippen molar-refractivity contribution < 1.29 is 10.0 Å². The molecule has 0 fully saturated rings. The van der Waals surface area contributed by atoms with E-state index in [1.807, 2.05) is 25.1 Å². The van der Waals surface area contributed by atoms with E-state index >= 15 is 0 Å². The summed E-state index contributed by atoms with van der Waals surface area (Å²) in [5.74, 6) is -0.404. The van der Waals surface area contributed by atoms with Crippen LogP contribution in [0.5, 0.6) is 0 Å². The molecule has 2 N–H and O–H groups in total. The van der Waals surface area contributed by atoms with Crippen molar-refractivity contribution in [3.63, 3.8) is 0 Å². The lowest BCUT2D eigenvalue weighted by Gasteiger charge is -2.04. The Kier molecular flexibility index (Phi) is 5.27. The molecule has 0 bridgehead atoms. The van der Waals surface area contributed by atoms with Gasteiger partial charge in [0.1, 0.15) is 5.71 Å². The van der Waals surface area contributed by atoms with E-state index in [-0.39, 0.29) is 0 Å². The summed E-state index contributed by atoms with van der Waals surface area (Å²) < 4.78 is 0. The molecule has 112 valence electrons. The summed E-state index contributed by atoms with van der Waals surface area (Å²) >= 11 is 5.84. The van der Waals surface area contributed by atoms with Crippen LogP contribution in [-0.2, 0) is 0 Å². The van der Waals surface area contributed by atoms with Crippen LogP contribution in [-0.4, -0.2) is 23.0 Å². The first-order valence-electron chi connectivity index (χ1n) is 6.48. The van der Waals surface area contributed by atoms with Crippen molar-refractivity contribution in [1.82, 2.24) is 5.43 Å². The minimum Gasteiger partial charge on any atom is -0.411 e. The standard InChI is InChI=1S/C16H14ClN3O2/c1-11-4-2-5-12(8-11)15(10-18-22)19-20-16(21)13-6-3-7-14(17)9-13/h2-10,22H,1H3,(H,20,21)/b18-10+,19-15+. The van der Waals surface area contributed by atoms with Gasteiger partial charge in [0.25, 0.3) is 5.91 Å². The molecule has 0 saturated carbocycles. The molecule has 22 heavy (non-hydrogen) atoms. The Morgan fingerprint density at radius 2 is 1.91 bits per heavy atom. The summed E-state index contributed by atoms with van der Waals surface area (Å²) in [6.07, 6.45) is 1.16. The number of benzene rings is 2. The summed E-state index contributed by atoms with van der Waals surface area (Å²) in [4.78, 5) is 12.0. The number of oxime groups is 1. The Labute approximate surface area is 132 Å². The maximum Gasteiger partial charge on any atom is 0.271 e. The molecule has 0 aliphatic rings.